The SMILES string of the molecule is CN(C)c1ccc(NC(=O)Oc2ccccc2)cn1. The van der Waals surface area contributed by atoms with Crippen molar-refractivity contribution in [3.63, 3.8) is 0 Å². The van der Waals surface area contributed by atoms with Crippen LogP contribution >= 0.6 is 0 Å². The van der Waals surface area contributed by atoms with E-state index in [9.17, 15) is 4.79 Å². The highest BCUT2D eigenvalue weighted by Crippen LogP contribution is 2.13. The fourth-order valence-corrected chi connectivity index (χ4v) is 1.46. The van der Waals surface area contributed by atoms with Gasteiger partial charge in [-0.1, -0.05) is 18.2 Å². The number of benzene rings is 1. The van der Waals surface area contributed by atoms with Crippen LogP contribution in [0.5, 0.6) is 5.75 Å². The molecule has 2 rings (SSSR count). The predicted molar refractivity (Wildman–Crippen MR) is 74.7 cm³/mol. The lowest BCUT2D eigenvalue weighted by Gasteiger charge is -2.11. The molecule has 2 aromatic rings. The van der Waals surface area contributed by atoms with Gasteiger partial charge in [-0.25, -0.2) is 9.78 Å². The molecule has 5 heteroatoms. The van der Waals surface area contributed by atoms with Crippen LogP contribution in [0.3, 0.4) is 0 Å². The third kappa shape index (κ3) is 3.70. The molecule has 1 aromatic carbocycles. The van der Waals surface area contributed by atoms with Crippen LogP contribution in [0, 0.1) is 0 Å². The summed E-state index contributed by atoms with van der Waals surface area (Å²) in [7, 11) is 3.80. The van der Waals surface area contributed by atoms with Gasteiger partial charge >= 0.3 is 6.09 Å². The highest BCUT2D eigenvalue weighted by atomic mass is 16.6. The molecule has 1 aromatic heterocycles. The molecule has 0 radical (unpaired) electrons. The molecule has 0 spiro atoms. The molecule has 0 bridgehead atoms. The molecule has 98 valence electrons. The third-order valence-corrected chi connectivity index (χ3v) is 2.41. The number of nitrogens with zero attached hydrogens (tertiary/aromatic N) is 2. The van der Waals surface area contributed by atoms with Crippen LogP contribution in [0.1, 0.15) is 0 Å². The van der Waals surface area contributed by atoms with Crippen molar-refractivity contribution in [1.82, 2.24) is 4.98 Å². The maximum absolute atomic E-state index is 11.6. The molecular weight excluding hydrogens is 242 g/mol. The van der Waals surface area contributed by atoms with Crippen LogP contribution in [0.15, 0.2) is 48.7 Å². The Bertz CT molecular complexity index is 538. The van der Waals surface area contributed by atoms with E-state index in [1.165, 1.54) is 0 Å². The van der Waals surface area contributed by atoms with Crippen LogP contribution < -0.4 is 15.0 Å². The quantitative estimate of drug-likeness (QED) is 0.918. The molecule has 1 amide bonds. The van der Waals surface area contributed by atoms with Crippen LogP contribution in [0.2, 0.25) is 0 Å². The second kappa shape index (κ2) is 5.86. The molecule has 0 aliphatic heterocycles. The number of nitrogens with one attached hydrogen (secondary N) is 1. The van der Waals surface area contributed by atoms with Crippen molar-refractivity contribution in [3.05, 3.63) is 48.7 Å². The molecule has 0 atom stereocenters. The van der Waals surface area contributed by atoms with Crippen molar-refractivity contribution in [2.45, 2.75) is 0 Å². The van der Waals surface area contributed by atoms with E-state index in [4.69, 9.17) is 4.74 Å². The van der Waals surface area contributed by atoms with Gasteiger partial charge in [-0.05, 0) is 24.3 Å². The van der Waals surface area contributed by atoms with E-state index in [1.54, 1.807) is 36.5 Å². The molecule has 5 nitrogen and oxygen atoms in total. The van der Waals surface area contributed by atoms with Crippen molar-refractivity contribution in [3.8, 4) is 5.75 Å². The van der Waals surface area contributed by atoms with Gasteiger partial charge < -0.3 is 9.64 Å². The Morgan fingerprint density at radius 1 is 1.16 bits per heavy atom. The molecule has 0 unspecified atom stereocenters. The molecule has 0 fully saturated rings. The second-order valence-corrected chi connectivity index (χ2v) is 4.13. The summed E-state index contributed by atoms with van der Waals surface area (Å²) >= 11 is 0. The van der Waals surface area contributed by atoms with E-state index in [-0.39, 0.29) is 0 Å². The van der Waals surface area contributed by atoms with E-state index < -0.39 is 6.09 Å². The van der Waals surface area contributed by atoms with E-state index in [2.05, 4.69) is 10.3 Å². The largest absolute Gasteiger partial charge is 0.417 e. The summed E-state index contributed by atoms with van der Waals surface area (Å²) in [5, 5.41) is 2.61. The number of hydrogen-bond acceptors (Lipinski definition) is 4. The molecule has 0 saturated heterocycles. The monoisotopic (exact) mass is 257 g/mol. The molecule has 0 saturated carbocycles. The normalized spacial score (nSPS) is 9.79. The standard InChI is InChI=1S/C14H15N3O2/c1-17(2)13-9-8-11(10-15-13)16-14(18)19-12-6-4-3-5-7-12/h3-10H,1-2H3,(H,16,18). The summed E-state index contributed by atoms with van der Waals surface area (Å²) < 4.78 is 5.11. The van der Waals surface area contributed by atoms with Crippen molar-refractivity contribution in [1.29, 1.82) is 0 Å². The first-order chi connectivity index (χ1) is 9.15. The number of rotatable bonds is 3. The average Bonchev–Trinajstić information content (AvgIpc) is 2.40. The Hall–Kier alpha value is -2.56. The van der Waals surface area contributed by atoms with Crippen LogP contribution in [-0.2, 0) is 0 Å². The summed E-state index contributed by atoms with van der Waals surface area (Å²) in [5.41, 5.74) is 0.589. The molecule has 0 aliphatic rings. The summed E-state index contributed by atoms with van der Waals surface area (Å²) in [4.78, 5) is 17.7. The first kappa shape index (κ1) is 12.9. The maximum atomic E-state index is 11.6. The fraction of sp³-hybridized carbons (Fsp3) is 0.143. The van der Waals surface area contributed by atoms with Crippen LogP contribution in [0.25, 0.3) is 0 Å². The van der Waals surface area contributed by atoms with E-state index in [0.717, 1.165) is 5.82 Å². The number of carbonyl (C=O) groups excluding carboxylic acids is 1. The lowest BCUT2D eigenvalue weighted by Crippen LogP contribution is -2.17. The topological polar surface area (TPSA) is 54.5 Å². The number of pyridine rings is 1. The molecule has 0 aliphatic carbocycles. The second-order valence-electron chi connectivity index (χ2n) is 4.13. The van der Waals surface area contributed by atoms with Crippen molar-refractivity contribution in [2.75, 3.05) is 24.3 Å². The number of hydrogen-bond donors (Lipinski definition) is 1. The molecular formula is C14H15N3O2. The zero-order valence-electron chi connectivity index (χ0n) is 10.8. The maximum Gasteiger partial charge on any atom is 0.417 e. The van der Waals surface area contributed by atoms with Gasteiger partial charge in [0.15, 0.2) is 0 Å². The molecule has 1 N–H and O–H groups in total. The van der Waals surface area contributed by atoms with Gasteiger partial charge in [0.2, 0.25) is 0 Å². The smallest absolute Gasteiger partial charge is 0.410 e. The summed E-state index contributed by atoms with van der Waals surface area (Å²) in [6.45, 7) is 0. The summed E-state index contributed by atoms with van der Waals surface area (Å²) in [6, 6.07) is 12.5. The molecule has 1 heterocycles. The van der Waals surface area contributed by atoms with E-state index in [0.29, 0.717) is 11.4 Å². The number of anilines is 2. The zero-order chi connectivity index (χ0) is 13.7. The first-order valence-corrected chi connectivity index (χ1v) is 5.82. The van der Waals surface area contributed by atoms with Gasteiger partial charge in [0.05, 0.1) is 11.9 Å². The fourth-order valence-electron chi connectivity index (χ4n) is 1.46. The zero-order valence-corrected chi connectivity index (χ0v) is 10.8. The highest BCUT2D eigenvalue weighted by Gasteiger charge is 2.05. The minimum Gasteiger partial charge on any atom is -0.410 e. The molecule has 19 heavy (non-hydrogen) atoms. The van der Waals surface area contributed by atoms with Crippen molar-refractivity contribution < 1.29 is 9.53 Å². The Kier molecular flexibility index (Phi) is 3.97. The number of para-hydroxylation sites is 1. The van der Waals surface area contributed by atoms with Gasteiger partial charge in [0, 0.05) is 14.1 Å². The van der Waals surface area contributed by atoms with Crippen LogP contribution in [-0.4, -0.2) is 25.2 Å². The number of aromatic nitrogens is 1. The summed E-state index contributed by atoms with van der Waals surface area (Å²) in [5.74, 6) is 1.32. The van der Waals surface area contributed by atoms with Crippen molar-refractivity contribution in [2.24, 2.45) is 0 Å². The van der Waals surface area contributed by atoms with E-state index in [1.807, 2.05) is 31.1 Å². The Morgan fingerprint density at radius 3 is 2.47 bits per heavy atom. The number of carbonyl (C=O) groups is 1. The first-order valence-electron chi connectivity index (χ1n) is 5.82. The highest BCUT2D eigenvalue weighted by molar-refractivity contribution is 5.86. The third-order valence-electron chi connectivity index (χ3n) is 2.41. The van der Waals surface area contributed by atoms with Gasteiger partial charge in [0.25, 0.3) is 0 Å². The minimum atomic E-state index is -0.536. The van der Waals surface area contributed by atoms with E-state index >= 15 is 0 Å². The Balaban J connectivity index is 1.95. The van der Waals surface area contributed by atoms with Gasteiger partial charge in [0.1, 0.15) is 11.6 Å². The lowest BCUT2D eigenvalue weighted by atomic mass is 10.3. The predicted octanol–water partition coefficient (Wildman–Crippen LogP) is 2.76. The average molecular weight is 257 g/mol. The van der Waals surface area contributed by atoms with Gasteiger partial charge in [-0.2, -0.15) is 0 Å². The Morgan fingerprint density at radius 2 is 1.89 bits per heavy atom. The van der Waals surface area contributed by atoms with Gasteiger partial charge in [-0.15, -0.1) is 0 Å². The Labute approximate surface area is 111 Å². The summed E-state index contributed by atoms with van der Waals surface area (Å²) in [6.07, 6.45) is 1.05. The number of ether oxygens (including phenoxy) is 1. The number of amides is 1. The minimum absolute atomic E-state index is 0.498. The lowest BCUT2D eigenvalue weighted by molar-refractivity contribution is 0.215. The van der Waals surface area contributed by atoms with Crippen molar-refractivity contribution >= 4 is 17.6 Å². The van der Waals surface area contributed by atoms with Gasteiger partial charge in [-0.3, -0.25) is 5.32 Å². The van der Waals surface area contributed by atoms with Crippen LogP contribution in [0.4, 0.5) is 16.3 Å².